The van der Waals surface area contributed by atoms with E-state index < -0.39 is 0 Å². The normalized spacial score (nSPS) is 10.2. The summed E-state index contributed by atoms with van der Waals surface area (Å²) in [7, 11) is 0. The summed E-state index contributed by atoms with van der Waals surface area (Å²) < 4.78 is 2.06. The van der Waals surface area contributed by atoms with Crippen molar-refractivity contribution in [1.29, 1.82) is 0 Å². The summed E-state index contributed by atoms with van der Waals surface area (Å²) in [6.07, 6.45) is 7.59. The first kappa shape index (κ1) is 21.0. The molecule has 130 valence electrons. The molecular weight excluding hydrogens is 361 g/mol. The largest absolute Gasteiger partial charge is 1.00 e. The van der Waals surface area contributed by atoms with Crippen LogP contribution in [0.3, 0.4) is 0 Å². The summed E-state index contributed by atoms with van der Waals surface area (Å²) in [4.78, 5) is 12.1. The second-order valence-corrected chi connectivity index (χ2v) is 7.11. The molecule has 0 bridgehead atoms. The molecule has 1 aromatic heterocycles. The number of carbonyl (C=O) groups is 1. The van der Waals surface area contributed by atoms with Gasteiger partial charge in [-0.3, -0.25) is 4.79 Å². The predicted molar refractivity (Wildman–Crippen MR) is 98.4 cm³/mol. The van der Waals surface area contributed by atoms with E-state index in [9.17, 15) is 4.79 Å². The molecule has 0 aliphatic heterocycles. The van der Waals surface area contributed by atoms with E-state index in [0.717, 1.165) is 22.9 Å². The molecule has 0 spiro atoms. The molecule has 0 saturated heterocycles. The lowest BCUT2D eigenvalue weighted by Gasteiger charge is -2.02. The van der Waals surface area contributed by atoms with Gasteiger partial charge in [-0.1, -0.05) is 43.5 Å². The van der Waals surface area contributed by atoms with Crippen LogP contribution in [0, 0.1) is 0 Å². The highest BCUT2D eigenvalue weighted by Gasteiger charge is 2.09. The number of aromatic nitrogens is 1. The topological polar surface area (TPSA) is 20.9 Å². The smallest absolute Gasteiger partial charge is 0.173 e. The van der Waals surface area contributed by atoms with Crippen LogP contribution in [0.15, 0.2) is 48.8 Å². The van der Waals surface area contributed by atoms with Gasteiger partial charge in [0.1, 0.15) is 0 Å². The van der Waals surface area contributed by atoms with Gasteiger partial charge in [-0.2, -0.15) is 11.8 Å². The van der Waals surface area contributed by atoms with Gasteiger partial charge in [-0.05, 0) is 24.3 Å². The molecule has 2 aromatic rings. The molecule has 0 amide bonds. The highest BCUT2D eigenvalue weighted by Crippen LogP contribution is 2.11. The summed E-state index contributed by atoms with van der Waals surface area (Å²) >= 11 is 7.63. The lowest BCUT2D eigenvalue weighted by Crippen LogP contribution is -3.00. The summed E-state index contributed by atoms with van der Waals surface area (Å²) in [5, 5.41) is 0.746. The van der Waals surface area contributed by atoms with Crippen molar-refractivity contribution in [3.8, 4) is 0 Å². The third-order valence-electron chi connectivity index (χ3n) is 3.62. The Morgan fingerprint density at radius 2 is 1.75 bits per heavy atom. The monoisotopic (exact) mass is 383 g/mol. The molecule has 1 aromatic carbocycles. The molecule has 0 radical (unpaired) electrons. The van der Waals surface area contributed by atoms with E-state index in [1.807, 2.05) is 48.8 Å². The Labute approximate surface area is 160 Å². The summed E-state index contributed by atoms with van der Waals surface area (Å²) in [6.45, 7) is 2.97. The number of unbranched alkanes of at least 4 members (excludes halogenated alkanes) is 2. The molecule has 0 aliphatic rings. The lowest BCUT2D eigenvalue weighted by atomic mass is 10.2. The number of halogens is 2. The van der Waals surface area contributed by atoms with E-state index in [-0.39, 0.29) is 18.2 Å². The first-order valence-corrected chi connectivity index (χ1v) is 9.57. The van der Waals surface area contributed by atoms with Crippen LogP contribution in [0.1, 0.15) is 42.1 Å². The van der Waals surface area contributed by atoms with Crippen molar-refractivity contribution in [2.24, 2.45) is 0 Å². The zero-order valence-corrected chi connectivity index (χ0v) is 16.2. The minimum absolute atomic E-state index is 0. The number of hydrogen-bond acceptors (Lipinski definition) is 2. The third kappa shape index (κ3) is 7.25. The maximum absolute atomic E-state index is 12.1. The molecule has 2 rings (SSSR count). The van der Waals surface area contributed by atoms with Crippen LogP contribution in [-0.4, -0.2) is 17.3 Å². The number of Topliss-reactive ketones (excluding diaryl/α,β-unsaturated/α-hetero) is 1. The minimum atomic E-state index is 0. The van der Waals surface area contributed by atoms with Crippen LogP contribution >= 0.6 is 23.4 Å². The summed E-state index contributed by atoms with van der Waals surface area (Å²) in [6, 6.07) is 11.6. The summed E-state index contributed by atoms with van der Waals surface area (Å²) in [5.74, 6) is 1.86. The van der Waals surface area contributed by atoms with Gasteiger partial charge in [0.2, 0.25) is 0 Å². The van der Waals surface area contributed by atoms with Gasteiger partial charge in [-0.25, -0.2) is 4.57 Å². The van der Waals surface area contributed by atoms with Crippen molar-refractivity contribution in [2.75, 3.05) is 11.5 Å². The lowest BCUT2D eigenvalue weighted by molar-refractivity contribution is -0.688. The van der Waals surface area contributed by atoms with Gasteiger partial charge in [0.15, 0.2) is 24.7 Å². The molecule has 1 heterocycles. The average molecular weight is 384 g/mol. The highest BCUT2D eigenvalue weighted by molar-refractivity contribution is 7.99. The number of nitrogens with zero attached hydrogens (tertiary/aromatic N) is 1. The first-order chi connectivity index (χ1) is 11.2. The standard InChI is InChI=1S/C19H23ClNOS.ClH/c1-2-3-4-13-23-15-19(22)17-9-11-21(12-10-17)14-16-5-7-18(20)8-6-16;/h5-12H,2-4,13-15H2,1H3;1H/q+1;/p-1. The van der Waals surface area contributed by atoms with Crippen LogP contribution < -0.4 is 17.0 Å². The Balaban J connectivity index is 0.00000288. The van der Waals surface area contributed by atoms with E-state index in [2.05, 4.69) is 11.5 Å². The molecule has 0 unspecified atom stereocenters. The Hall–Kier alpha value is -1.03. The van der Waals surface area contributed by atoms with E-state index in [1.165, 1.54) is 24.8 Å². The van der Waals surface area contributed by atoms with Crippen LogP contribution in [-0.2, 0) is 6.54 Å². The minimum Gasteiger partial charge on any atom is -1.00 e. The van der Waals surface area contributed by atoms with E-state index in [0.29, 0.717) is 5.75 Å². The van der Waals surface area contributed by atoms with Crippen molar-refractivity contribution in [3.05, 3.63) is 64.9 Å². The van der Waals surface area contributed by atoms with E-state index in [1.54, 1.807) is 11.8 Å². The zero-order chi connectivity index (χ0) is 16.5. The van der Waals surface area contributed by atoms with Crippen LogP contribution in [0.2, 0.25) is 5.02 Å². The molecule has 2 nitrogen and oxygen atoms in total. The van der Waals surface area contributed by atoms with Gasteiger partial charge >= 0.3 is 0 Å². The summed E-state index contributed by atoms with van der Waals surface area (Å²) in [5.41, 5.74) is 1.98. The Morgan fingerprint density at radius 3 is 2.38 bits per heavy atom. The predicted octanol–water partition coefficient (Wildman–Crippen LogP) is 1.79. The van der Waals surface area contributed by atoms with Crippen molar-refractivity contribution >= 4 is 29.1 Å². The maximum Gasteiger partial charge on any atom is 0.173 e. The number of pyridine rings is 1. The Kier molecular flexibility index (Phi) is 10.1. The van der Waals surface area contributed by atoms with Gasteiger partial charge in [0.05, 0.1) is 5.75 Å². The Morgan fingerprint density at radius 1 is 1.08 bits per heavy atom. The fourth-order valence-electron chi connectivity index (χ4n) is 2.25. The van der Waals surface area contributed by atoms with Crippen LogP contribution in [0.4, 0.5) is 0 Å². The number of hydrogen-bond donors (Lipinski definition) is 0. The number of ketones is 1. The molecule has 0 atom stereocenters. The van der Waals surface area contributed by atoms with Gasteiger partial charge in [-0.15, -0.1) is 0 Å². The fourth-order valence-corrected chi connectivity index (χ4v) is 3.28. The molecule has 0 N–H and O–H groups in total. The first-order valence-electron chi connectivity index (χ1n) is 8.03. The quantitative estimate of drug-likeness (QED) is 0.373. The molecule has 5 heteroatoms. The number of rotatable bonds is 9. The second-order valence-electron chi connectivity index (χ2n) is 5.57. The van der Waals surface area contributed by atoms with Crippen molar-refractivity contribution in [2.45, 2.75) is 32.7 Å². The molecule has 24 heavy (non-hydrogen) atoms. The van der Waals surface area contributed by atoms with Crippen LogP contribution in [0.25, 0.3) is 0 Å². The van der Waals surface area contributed by atoms with Gasteiger partial charge in [0, 0.05) is 28.3 Å². The molecule has 0 saturated carbocycles. The molecular formula is C19H23Cl2NOS. The van der Waals surface area contributed by atoms with Crippen LogP contribution in [0.5, 0.6) is 0 Å². The third-order valence-corrected chi connectivity index (χ3v) is 4.91. The Bertz CT molecular complexity index is 614. The number of benzene rings is 1. The highest BCUT2D eigenvalue weighted by atomic mass is 35.5. The zero-order valence-electron chi connectivity index (χ0n) is 13.9. The van der Waals surface area contributed by atoms with Gasteiger partial charge in [0.25, 0.3) is 0 Å². The maximum atomic E-state index is 12.1. The molecule has 0 aliphatic carbocycles. The number of carbonyl (C=O) groups excluding carboxylic acids is 1. The van der Waals surface area contributed by atoms with Crippen molar-refractivity contribution < 1.29 is 21.8 Å². The van der Waals surface area contributed by atoms with E-state index in [4.69, 9.17) is 11.6 Å². The number of thioether (sulfide) groups is 1. The van der Waals surface area contributed by atoms with Gasteiger partial charge < -0.3 is 12.4 Å². The van der Waals surface area contributed by atoms with Crippen molar-refractivity contribution in [1.82, 2.24) is 0 Å². The van der Waals surface area contributed by atoms with E-state index >= 15 is 0 Å². The second kappa shape index (κ2) is 11.5. The SMILES string of the molecule is CCCCCSCC(=O)c1cc[n+](Cc2ccc(Cl)cc2)cc1.[Cl-]. The fraction of sp³-hybridized carbons (Fsp3) is 0.368. The molecule has 0 fully saturated rings. The average Bonchev–Trinajstić information content (AvgIpc) is 2.57. The van der Waals surface area contributed by atoms with Crippen molar-refractivity contribution in [3.63, 3.8) is 0 Å².